The number of hydrogen-bond acceptors (Lipinski definition) is 3. The predicted molar refractivity (Wildman–Crippen MR) is 75.9 cm³/mol. The second-order valence-corrected chi connectivity index (χ2v) is 5.35. The summed E-state index contributed by atoms with van der Waals surface area (Å²) in [4.78, 5) is 14.4. The van der Waals surface area contributed by atoms with Crippen LogP contribution in [0.25, 0.3) is 0 Å². The van der Waals surface area contributed by atoms with Crippen LogP contribution < -0.4 is 5.73 Å². The van der Waals surface area contributed by atoms with E-state index >= 15 is 0 Å². The van der Waals surface area contributed by atoms with Gasteiger partial charge in [0.15, 0.2) is 0 Å². The largest absolute Gasteiger partial charge is 0.399 e. The Kier molecular flexibility index (Phi) is 4.43. The van der Waals surface area contributed by atoms with Crippen molar-refractivity contribution in [3.63, 3.8) is 0 Å². The fourth-order valence-corrected chi connectivity index (χ4v) is 2.76. The molecule has 1 unspecified atom stereocenters. The summed E-state index contributed by atoms with van der Waals surface area (Å²) in [5.74, 6) is 0.511. The van der Waals surface area contributed by atoms with E-state index in [0.29, 0.717) is 11.6 Å². The number of nitrogens with zero attached hydrogens (tertiary/aromatic N) is 1. The maximum absolute atomic E-state index is 12.5. The molecule has 1 saturated heterocycles. The molecule has 1 aliphatic heterocycles. The lowest BCUT2D eigenvalue weighted by Crippen LogP contribution is -2.40. The van der Waals surface area contributed by atoms with Crippen LogP contribution >= 0.6 is 0 Å². The first-order chi connectivity index (χ1) is 9.11. The number of hydrogen-bond donors (Lipinski definition) is 2. The molecule has 19 heavy (non-hydrogen) atoms. The van der Waals surface area contributed by atoms with Gasteiger partial charge in [0.1, 0.15) is 0 Å². The van der Waals surface area contributed by atoms with Crippen molar-refractivity contribution in [3.8, 4) is 0 Å². The Labute approximate surface area is 114 Å². The summed E-state index contributed by atoms with van der Waals surface area (Å²) >= 11 is 0. The molecule has 3 N–H and O–H groups in total. The maximum Gasteiger partial charge on any atom is 0.254 e. The molecule has 104 valence electrons. The fraction of sp³-hybridized carbons (Fsp3) is 0.533. The lowest BCUT2D eigenvalue weighted by molar-refractivity contribution is 0.0653. The topological polar surface area (TPSA) is 66.6 Å². The Bertz CT molecular complexity index is 457. The Balaban J connectivity index is 2.10. The first-order valence-electron chi connectivity index (χ1n) is 6.88. The molecule has 0 bridgehead atoms. The number of carbonyl (C=O) groups excluding carboxylic acids is 1. The molecule has 1 heterocycles. The molecule has 4 nitrogen and oxygen atoms in total. The van der Waals surface area contributed by atoms with Gasteiger partial charge in [-0.05, 0) is 55.9 Å². The van der Waals surface area contributed by atoms with Crippen molar-refractivity contribution >= 4 is 11.6 Å². The zero-order chi connectivity index (χ0) is 13.8. The Morgan fingerprint density at radius 1 is 1.53 bits per heavy atom. The highest BCUT2D eigenvalue weighted by molar-refractivity contribution is 5.96. The molecule has 2 rings (SSSR count). The van der Waals surface area contributed by atoms with E-state index < -0.39 is 0 Å². The highest BCUT2D eigenvalue weighted by atomic mass is 16.3. The van der Waals surface area contributed by atoms with Crippen LogP contribution in [-0.2, 0) is 0 Å². The SMILES string of the molecule is Cc1cc(N)ccc1C(=O)N1CCCC(CCO)C1. The van der Waals surface area contributed by atoms with Gasteiger partial charge in [0.05, 0.1) is 0 Å². The first-order valence-corrected chi connectivity index (χ1v) is 6.88. The zero-order valence-corrected chi connectivity index (χ0v) is 11.4. The monoisotopic (exact) mass is 262 g/mol. The van der Waals surface area contributed by atoms with Gasteiger partial charge in [0, 0.05) is 30.9 Å². The molecule has 1 fully saturated rings. The van der Waals surface area contributed by atoms with Crippen LogP contribution in [0.2, 0.25) is 0 Å². The van der Waals surface area contributed by atoms with Crippen molar-refractivity contribution < 1.29 is 9.90 Å². The van der Waals surface area contributed by atoms with E-state index in [4.69, 9.17) is 10.8 Å². The molecule has 0 aliphatic carbocycles. The highest BCUT2D eigenvalue weighted by Crippen LogP contribution is 2.22. The molecule has 4 heteroatoms. The van der Waals surface area contributed by atoms with Crippen LogP contribution in [-0.4, -0.2) is 35.6 Å². The summed E-state index contributed by atoms with van der Waals surface area (Å²) in [6.07, 6.45) is 2.90. The van der Waals surface area contributed by atoms with Crippen molar-refractivity contribution in [2.24, 2.45) is 5.92 Å². The average Bonchev–Trinajstić information content (AvgIpc) is 2.39. The molecule has 0 radical (unpaired) electrons. The lowest BCUT2D eigenvalue weighted by Gasteiger charge is -2.33. The Morgan fingerprint density at radius 3 is 3.00 bits per heavy atom. The molecule has 1 aliphatic rings. The van der Waals surface area contributed by atoms with Crippen LogP contribution in [0.5, 0.6) is 0 Å². The van der Waals surface area contributed by atoms with Crippen LogP contribution in [0.4, 0.5) is 5.69 Å². The molecular weight excluding hydrogens is 240 g/mol. The molecule has 1 atom stereocenters. The van der Waals surface area contributed by atoms with E-state index in [-0.39, 0.29) is 12.5 Å². The van der Waals surface area contributed by atoms with Crippen LogP contribution in [0.15, 0.2) is 18.2 Å². The van der Waals surface area contributed by atoms with E-state index in [1.54, 1.807) is 6.07 Å². The zero-order valence-electron chi connectivity index (χ0n) is 11.4. The molecular formula is C15H22N2O2. The van der Waals surface area contributed by atoms with Crippen molar-refractivity contribution in [2.75, 3.05) is 25.4 Å². The van der Waals surface area contributed by atoms with Crippen molar-refractivity contribution in [3.05, 3.63) is 29.3 Å². The van der Waals surface area contributed by atoms with E-state index in [1.807, 2.05) is 24.0 Å². The third kappa shape index (κ3) is 3.26. The number of nitrogens with two attached hydrogens (primary N) is 1. The van der Waals surface area contributed by atoms with Crippen LogP contribution in [0.3, 0.4) is 0 Å². The van der Waals surface area contributed by atoms with Gasteiger partial charge in [-0.15, -0.1) is 0 Å². The number of aryl methyl sites for hydroxylation is 1. The normalized spacial score (nSPS) is 19.5. The van der Waals surface area contributed by atoms with Crippen molar-refractivity contribution in [1.82, 2.24) is 4.90 Å². The van der Waals surface area contributed by atoms with Gasteiger partial charge in [0.25, 0.3) is 5.91 Å². The fourth-order valence-electron chi connectivity index (χ4n) is 2.76. The van der Waals surface area contributed by atoms with E-state index in [0.717, 1.165) is 43.5 Å². The lowest BCUT2D eigenvalue weighted by atomic mass is 9.94. The summed E-state index contributed by atoms with van der Waals surface area (Å²) in [5.41, 5.74) is 8.06. The quantitative estimate of drug-likeness (QED) is 0.816. The van der Waals surface area contributed by atoms with Crippen molar-refractivity contribution in [1.29, 1.82) is 0 Å². The number of anilines is 1. The standard InChI is InChI=1S/C15H22N2O2/c1-11-9-13(16)4-5-14(11)15(19)17-7-2-3-12(10-17)6-8-18/h4-5,9,12,18H,2-3,6-8,10,16H2,1H3. The smallest absolute Gasteiger partial charge is 0.254 e. The van der Waals surface area contributed by atoms with Gasteiger partial charge < -0.3 is 15.7 Å². The summed E-state index contributed by atoms with van der Waals surface area (Å²) in [6.45, 7) is 3.68. The number of piperidine rings is 1. The molecule has 1 aromatic rings. The third-order valence-electron chi connectivity index (χ3n) is 3.82. The predicted octanol–water partition coefficient (Wildman–Crippen LogP) is 1.81. The number of aliphatic hydroxyl groups is 1. The first kappa shape index (κ1) is 13.9. The summed E-state index contributed by atoms with van der Waals surface area (Å²) in [6, 6.07) is 5.42. The summed E-state index contributed by atoms with van der Waals surface area (Å²) < 4.78 is 0. The minimum absolute atomic E-state index is 0.0835. The minimum Gasteiger partial charge on any atom is -0.399 e. The van der Waals surface area contributed by atoms with Gasteiger partial charge >= 0.3 is 0 Å². The Morgan fingerprint density at radius 2 is 2.32 bits per heavy atom. The Hall–Kier alpha value is -1.55. The van der Waals surface area contributed by atoms with E-state index in [1.165, 1.54) is 0 Å². The molecule has 0 saturated carbocycles. The van der Waals surface area contributed by atoms with Gasteiger partial charge in [-0.2, -0.15) is 0 Å². The second kappa shape index (κ2) is 6.06. The number of carbonyl (C=O) groups is 1. The number of likely N-dealkylation sites (tertiary alicyclic amines) is 1. The number of rotatable bonds is 3. The van der Waals surface area contributed by atoms with Crippen LogP contribution in [0.1, 0.15) is 35.2 Å². The van der Waals surface area contributed by atoms with Gasteiger partial charge in [0.2, 0.25) is 0 Å². The molecule has 1 amide bonds. The maximum atomic E-state index is 12.5. The van der Waals surface area contributed by atoms with E-state index in [2.05, 4.69) is 0 Å². The molecule has 0 spiro atoms. The van der Waals surface area contributed by atoms with Crippen molar-refractivity contribution in [2.45, 2.75) is 26.2 Å². The average molecular weight is 262 g/mol. The van der Waals surface area contributed by atoms with Gasteiger partial charge in [-0.1, -0.05) is 0 Å². The number of benzene rings is 1. The number of nitrogen functional groups attached to an aromatic ring is 1. The summed E-state index contributed by atoms with van der Waals surface area (Å²) in [7, 11) is 0. The number of amides is 1. The number of aliphatic hydroxyl groups excluding tert-OH is 1. The minimum atomic E-state index is 0.0835. The molecule has 1 aromatic carbocycles. The van der Waals surface area contributed by atoms with Gasteiger partial charge in [-0.25, -0.2) is 0 Å². The van der Waals surface area contributed by atoms with Gasteiger partial charge in [-0.3, -0.25) is 4.79 Å². The van der Waals surface area contributed by atoms with Crippen LogP contribution in [0, 0.1) is 12.8 Å². The highest BCUT2D eigenvalue weighted by Gasteiger charge is 2.24. The third-order valence-corrected chi connectivity index (χ3v) is 3.82. The second-order valence-electron chi connectivity index (χ2n) is 5.35. The molecule has 0 aromatic heterocycles. The van der Waals surface area contributed by atoms with E-state index in [9.17, 15) is 4.79 Å². The summed E-state index contributed by atoms with van der Waals surface area (Å²) in [5, 5.41) is 9.02.